The van der Waals surface area contributed by atoms with Crippen molar-refractivity contribution in [2.24, 2.45) is 5.73 Å². The summed E-state index contributed by atoms with van der Waals surface area (Å²) in [4.78, 5) is 0. The van der Waals surface area contributed by atoms with Gasteiger partial charge in [-0.2, -0.15) is 0 Å². The average Bonchev–Trinajstić information content (AvgIpc) is 2.20. The van der Waals surface area contributed by atoms with Crippen molar-refractivity contribution in [1.29, 1.82) is 0 Å². The normalized spacial score (nSPS) is 15.0. The van der Waals surface area contributed by atoms with Gasteiger partial charge in [0.1, 0.15) is 5.75 Å². The molecule has 1 aromatic rings. The zero-order valence-corrected chi connectivity index (χ0v) is 8.96. The Morgan fingerprint density at radius 1 is 1.43 bits per heavy atom. The second-order valence-corrected chi connectivity index (χ2v) is 5.09. The highest BCUT2D eigenvalue weighted by molar-refractivity contribution is 7.84. The first-order valence-corrected chi connectivity index (χ1v) is 5.87. The molecule has 0 bridgehead atoms. The maximum absolute atomic E-state index is 11.6. The SMILES string of the molecule is CC(CN)S(=O)Cc1ccc(O)cc1. The van der Waals surface area contributed by atoms with E-state index in [1.54, 1.807) is 24.3 Å². The van der Waals surface area contributed by atoms with E-state index in [4.69, 9.17) is 10.8 Å². The third-order valence-electron chi connectivity index (χ3n) is 2.03. The second-order valence-electron chi connectivity index (χ2n) is 3.24. The van der Waals surface area contributed by atoms with Gasteiger partial charge in [-0.05, 0) is 24.6 Å². The van der Waals surface area contributed by atoms with E-state index < -0.39 is 10.8 Å². The fourth-order valence-electron chi connectivity index (χ4n) is 1.01. The summed E-state index contributed by atoms with van der Waals surface area (Å²) in [5.74, 6) is 0.727. The molecule has 14 heavy (non-hydrogen) atoms. The number of benzene rings is 1. The monoisotopic (exact) mass is 213 g/mol. The van der Waals surface area contributed by atoms with Crippen LogP contribution in [0.5, 0.6) is 5.75 Å². The number of hydrogen-bond donors (Lipinski definition) is 2. The summed E-state index contributed by atoms with van der Waals surface area (Å²) in [7, 11) is -0.929. The number of hydrogen-bond acceptors (Lipinski definition) is 3. The zero-order valence-electron chi connectivity index (χ0n) is 8.14. The van der Waals surface area contributed by atoms with Crippen molar-refractivity contribution in [3.63, 3.8) is 0 Å². The van der Waals surface area contributed by atoms with Gasteiger partial charge in [0.25, 0.3) is 0 Å². The number of nitrogens with two attached hydrogens (primary N) is 1. The molecule has 0 heterocycles. The Balaban J connectivity index is 2.60. The summed E-state index contributed by atoms with van der Waals surface area (Å²) < 4.78 is 11.6. The Kier molecular flexibility index (Phi) is 4.10. The maximum Gasteiger partial charge on any atom is 0.115 e. The summed E-state index contributed by atoms with van der Waals surface area (Å²) in [6.45, 7) is 2.31. The molecule has 2 atom stereocenters. The van der Waals surface area contributed by atoms with Crippen molar-refractivity contribution >= 4 is 10.8 Å². The predicted molar refractivity (Wildman–Crippen MR) is 58.5 cm³/mol. The number of phenolic OH excluding ortho intramolecular Hbond substituents is 1. The summed E-state index contributed by atoms with van der Waals surface area (Å²) in [6, 6.07) is 6.74. The first-order chi connectivity index (χ1) is 6.63. The molecule has 0 saturated carbocycles. The van der Waals surface area contributed by atoms with Crippen LogP contribution >= 0.6 is 0 Å². The molecule has 0 spiro atoms. The molecule has 0 aliphatic rings. The van der Waals surface area contributed by atoms with Gasteiger partial charge < -0.3 is 10.8 Å². The molecular weight excluding hydrogens is 198 g/mol. The molecule has 1 aromatic carbocycles. The van der Waals surface area contributed by atoms with Crippen LogP contribution in [0.15, 0.2) is 24.3 Å². The van der Waals surface area contributed by atoms with Crippen LogP contribution in [0.2, 0.25) is 0 Å². The molecule has 3 nitrogen and oxygen atoms in total. The third-order valence-corrected chi connectivity index (χ3v) is 3.73. The molecule has 2 unspecified atom stereocenters. The van der Waals surface area contributed by atoms with Gasteiger partial charge in [0.15, 0.2) is 0 Å². The van der Waals surface area contributed by atoms with Crippen LogP contribution in [0.4, 0.5) is 0 Å². The summed E-state index contributed by atoms with van der Waals surface area (Å²) in [5, 5.41) is 9.07. The number of phenols is 1. The number of rotatable bonds is 4. The van der Waals surface area contributed by atoms with Gasteiger partial charge in [0, 0.05) is 28.3 Å². The lowest BCUT2D eigenvalue weighted by atomic mass is 10.2. The molecule has 0 radical (unpaired) electrons. The molecule has 4 heteroatoms. The Labute approximate surface area is 86.4 Å². The molecule has 0 amide bonds. The Morgan fingerprint density at radius 2 is 2.00 bits per heavy atom. The topological polar surface area (TPSA) is 63.3 Å². The van der Waals surface area contributed by atoms with Crippen LogP contribution in [0.3, 0.4) is 0 Å². The van der Waals surface area contributed by atoms with E-state index in [0.29, 0.717) is 12.3 Å². The summed E-state index contributed by atoms with van der Waals surface area (Å²) in [6.07, 6.45) is 0. The van der Waals surface area contributed by atoms with E-state index in [1.165, 1.54) is 0 Å². The molecule has 3 N–H and O–H groups in total. The van der Waals surface area contributed by atoms with Gasteiger partial charge >= 0.3 is 0 Å². The van der Waals surface area contributed by atoms with E-state index in [1.807, 2.05) is 6.92 Å². The van der Waals surface area contributed by atoms with E-state index in [0.717, 1.165) is 5.56 Å². The third kappa shape index (κ3) is 3.12. The highest BCUT2D eigenvalue weighted by atomic mass is 32.2. The first kappa shape index (κ1) is 11.2. The van der Waals surface area contributed by atoms with E-state index in [2.05, 4.69) is 0 Å². The lowest BCUT2D eigenvalue weighted by Crippen LogP contribution is -2.22. The van der Waals surface area contributed by atoms with Crippen LogP contribution < -0.4 is 5.73 Å². The zero-order chi connectivity index (χ0) is 10.6. The summed E-state index contributed by atoms with van der Waals surface area (Å²) in [5.41, 5.74) is 6.38. The van der Waals surface area contributed by atoms with Crippen molar-refractivity contribution < 1.29 is 9.32 Å². The molecule has 0 aliphatic heterocycles. The molecule has 0 aromatic heterocycles. The van der Waals surface area contributed by atoms with Gasteiger partial charge in [0.2, 0.25) is 0 Å². The lowest BCUT2D eigenvalue weighted by molar-refractivity contribution is 0.475. The van der Waals surface area contributed by atoms with Crippen molar-refractivity contribution in [3.05, 3.63) is 29.8 Å². The van der Waals surface area contributed by atoms with Crippen LogP contribution in [-0.4, -0.2) is 21.1 Å². The van der Waals surface area contributed by atoms with Gasteiger partial charge in [-0.1, -0.05) is 12.1 Å². The fourth-order valence-corrected chi connectivity index (χ4v) is 2.03. The van der Waals surface area contributed by atoms with Crippen LogP contribution in [-0.2, 0) is 16.6 Å². The van der Waals surface area contributed by atoms with E-state index in [-0.39, 0.29) is 11.0 Å². The quantitative estimate of drug-likeness (QED) is 0.784. The largest absolute Gasteiger partial charge is 0.508 e. The summed E-state index contributed by atoms with van der Waals surface area (Å²) >= 11 is 0. The second kappa shape index (κ2) is 5.12. The predicted octanol–water partition coefficient (Wildman–Crippen LogP) is 0.988. The minimum atomic E-state index is -0.929. The molecule has 0 fully saturated rings. The first-order valence-electron chi connectivity index (χ1n) is 4.48. The molecular formula is C10H15NO2S. The van der Waals surface area contributed by atoms with Crippen molar-refractivity contribution in [1.82, 2.24) is 0 Å². The van der Waals surface area contributed by atoms with Gasteiger partial charge in [-0.15, -0.1) is 0 Å². The molecule has 1 rings (SSSR count). The standard InChI is InChI=1S/C10H15NO2S/c1-8(6-11)14(13)7-9-2-4-10(12)5-3-9/h2-5,8,12H,6-7,11H2,1H3. The van der Waals surface area contributed by atoms with E-state index in [9.17, 15) is 4.21 Å². The highest BCUT2D eigenvalue weighted by Gasteiger charge is 2.09. The van der Waals surface area contributed by atoms with Gasteiger partial charge in [-0.25, -0.2) is 0 Å². The van der Waals surface area contributed by atoms with Crippen LogP contribution in [0.1, 0.15) is 12.5 Å². The lowest BCUT2D eigenvalue weighted by Gasteiger charge is -2.08. The average molecular weight is 213 g/mol. The maximum atomic E-state index is 11.6. The molecule has 78 valence electrons. The van der Waals surface area contributed by atoms with Gasteiger partial charge in [0.05, 0.1) is 0 Å². The van der Waals surface area contributed by atoms with Crippen molar-refractivity contribution in [2.45, 2.75) is 17.9 Å². The minimum absolute atomic E-state index is 0.0174. The number of aromatic hydroxyl groups is 1. The Morgan fingerprint density at radius 3 is 2.50 bits per heavy atom. The fraction of sp³-hybridized carbons (Fsp3) is 0.400. The van der Waals surface area contributed by atoms with Crippen molar-refractivity contribution in [3.8, 4) is 5.75 Å². The Bertz CT molecular complexity index is 310. The highest BCUT2D eigenvalue weighted by Crippen LogP contribution is 2.12. The van der Waals surface area contributed by atoms with Crippen molar-refractivity contribution in [2.75, 3.05) is 6.54 Å². The molecule has 0 saturated heterocycles. The smallest absolute Gasteiger partial charge is 0.115 e. The van der Waals surface area contributed by atoms with Crippen LogP contribution in [0.25, 0.3) is 0 Å². The molecule has 0 aliphatic carbocycles. The van der Waals surface area contributed by atoms with E-state index >= 15 is 0 Å². The van der Waals surface area contributed by atoms with Gasteiger partial charge in [-0.3, -0.25) is 4.21 Å². The Hall–Kier alpha value is -0.870. The minimum Gasteiger partial charge on any atom is -0.508 e. The van der Waals surface area contributed by atoms with Crippen LogP contribution in [0, 0.1) is 0 Å².